The first-order valence-corrected chi connectivity index (χ1v) is 11.0. The Kier molecular flexibility index (Phi) is 10.6. The van der Waals surface area contributed by atoms with Crippen LogP contribution in [0.5, 0.6) is 0 Å². The molecule has 1 aromatic heterocycles. The first kappa shape index (κ1) is 24.0. The number of rotatable bonds is 3. The Morgan fingerprint density at radius 2 is 1.96 bits per heavy atom. The standard InChI is InChI=1S/C16H20FN5O.C2H6S.C2H6/c1-10-9-23-7-6-22(10)15-8-14(18)20-16(21-15)19-13-5-3-4-12(17)11(13)2;1-3-2;1-2/h3-5,8,10H,6-7,9H2,1-2H3,(H3,18,19,20,21);1-2H3;1-2H3. The van der Waals surface area contributed by atoms with Crippen LogP contribution in [0, 0.1) is 12.7 Å². The van der Waals surface area contributed by atoms with Crippen LogP contribution in [0.25, 0.3) is 0 Å². The zero-order valence-electron chi connectivity index (χ0n) is 17.6. The van der Waals surface area contributed by atoms with Gasteiger partial charge in [0.15, 0.2) is 0 Å². The summed E-state index contributed by atoms with van der Waals surface area (Å²) in [6.07, 6.45) is 4.08. The van der Waals surface area contributed by atoms with Gasteiger partial charge in [0.05, 0.1) is 19.3 Å². The SMILES string of the molecule is CC.CSC.Cc1c(F)cccc1Nc1nc(N)cc(N2CCOCC2C)n1. The number of ether oxygens (including phenoxy) is 1. The van der Waals surface area contributed by atoms with Gasteiger partial charge in [-0.1, -0.05) is 19.9 Å². The summed E-state index contributed by atoms with van der Waals surface area (Å²) in [5.41, 5.74) is 7.05. The summed E-state index contributed by atoms with van der Waals surface area (Å²) in [5, 5.41) is 3.05. The Morgan fingerprint density at radius 1 is 1.29 bits per heavy atom. The van der Waals surface area contributed by atoms with Gasteiger partial charge in [0.25, 0.3) is 0 Å². The average molecular weight is 410 g/mol. The summed E-state index contributed by atoms with van der Waals surface area (Å²) in [6, 6.07) is 6.79. The topological polar surface area (TPSA) is 76.3 Å². The molecule has 1 atom stereocenters. The number of nitrogen functional groups attached to an aromatic ring is 1. The molecule has 0 bridgehead atoms. The van der Waals surface area contributed by atoms with Gasteiger partial charge in [-0.2, -0.15) is 21.7 Å². The van der Waals surface area contributed by atoms with Gasteiger partial charge < -0.3 is 20.7 Å². The molecule has 1 fully saturated rings. The molecular weight excluding hydrogens is 377 g/mol. The number of nitrogens with zero attached hydrogens (tertiary/aromatic N) is 3. The Labute approximate surface area is 172 Å². The lowest BCUT2D eigenvalue weighted by Gasteiger charge is -2.34. The predicted molar refractivity (Wildman–Crippen MR) is 119 cm³/mol. The second-order valence-electron chi connectivity index (χ2n) is 6.04. The van der Waals surface area contributed by atoms with Crippen LogP contribution < -0.4 is 16.0 Å². The number of aromatic nitrogens is 2. The number of thioether (sulfide) groups is 1. The van der Waals surface area contributed by atoms with Gasteiger partial charge in [-0.3, -0.25) is 0 Å². The van der Waals surface area contributed by atoms with Crippen LogP contribution >= 0.6 is 11.8 Å². The number of anilines is 4. The molecule has 1 aromatic carbocycles. The van der Waals surface area contributed by atoms with Crippen molar-refractivity contribution >= 4 is 35.0 Å². The van der Waals surface area contributed by atoms with Crippen molar-refractivity contribution < 1.29 is 9.13 Å². The highest BCUT2D eigenvalue weighted by atomic mass is 32.2. The van der Waals surface area contributed by atoms with E-state index >= 15 is 0 Å². The largest absolute Gasteiger partial charge is 0.383 e. The first-order valence-electron chi connectivity index (χ1n) is 9.37. The molecule has 6 nitrogen and oxygen atoms in total. The van der Waals surface area contributed by atoms with Crippen molar-refractivity contribution in [2.24, 2.45) is 0 Å². The van der Waals surface area contributed by atoms with Gasteiger partial charge in [-0.05, 0) is 38.5 Å². The third-order valence-electron chi connectivity index (χ3n) is 3.91. The molecule has 2 aromatic rings. The second-order valence-corrected chi connectivity index (χ2v) is 6.85. The number of nitrogens with two attached hydrogens (primary N) is 1. The lowest BCUT2D eigenvalue weighted by Crippen LogP contribution is -2.44. The summed E-state index contributed by atoms with van der Waals surface area (Å²) in [4.78, 5) is 10.8. The molecule has 0 spiro atoms. The van der Waals surface area contributed by atoms with E-state index in [9.17, 15) is 4.39 Å². The fourth-order valence-corrected chi connectivity index (χ4v) is 2.59. The number of benzene rings is 1. The molecule has 3 rings (SSSR count). The highest BCUT2D eigenvalue weighted by Gasteiger charge is 2.21. The van der Waals surface area contributed by atoms with Crippen LogP contribution in [-0.4, -0.2) is 48.3 Å². The number of hydrogen-bond acceptors (Lipinski definition) is 7. The van der Waals surface area contributed by atoms with Crippen LogP contribution in [0.2, 0.25) is 0 Å². The molecule has 0 amide bonds. The minimum absolute atomic E-state index is 0.210. The molecule has 0 aliphatic carbocycles. The van der Waals surface area contributed by atoms with E-state index in [-0.39, 0.29) is 11.9 Å². The van der Waals surface area contributed by atoms with E-state index < -0.39 is 0 Å². The number of hydrogen-bond donors (Lipinski definition) is 2. The predicted octanol–water partition coefficient (Wildman–Crippen LogP) is 4.48. The first-order chi connectivity index (χ1) is 13.5. The lowest BCUT2D eigenvalue weighted by molar-refractivity contribution is 0.0985. The van der Waals surface area contributed by atoms with Gasteiger partial charge in [-0.25, -0.2) is 4.39 Å². The molecule has 1 aliphatic heterocycles. The second kappa shape index (κ2) is 12.4. The van der Waals surface area contributed by atoms with Gasteiger partial charge in [0, 0.05) is 23.9 Å². The zero-order chi connectivity index (χ0) is 21.1. The molecule has 1 unspecified atom stereocenters. The normalized spacial score (nSPS) is 15.7. The quantitative estimate of drug-likeness (QED) is 0.774. The molecular formula is C20H32FN5OS. The highest BCUT2D eigenvalue weighted by molar-refractivity contribution is 7.97. The van der Waals surface area contributed by atoms with Crippen LogP contribution in [0.15, 0.2) is 24.3 Å². The van der Waals surface area contributed by atoms with Crippen molar-refractivity contribution in [1.82, 2.24) is 9.97 Å². The summed E-state index contributed by atoms with van der Waals surface area (Å²) < 4.78 is 19.1. The average Bonchev–Trinajstić information content (AvgIpc) is 2.68. The molecule has 1 aliphatic rings. The minimum atomic E-state index is -0.277. The number of halogens is 1. The third-order valence-corrected chi connectivity index (χ3v) is 3.91. The van der Waals surface area contributed by atoms with Crippen molar-refractivity contribution in [2.45, 2.75) is 33.7 Å². The van der Waals surface area contributed by atoms with Gasteiger partial charge in [0.2, 0.25) is 5.95 Å². The fourth-order valence-electron chi connectivity index (χ4n) is 2.59. The minimum Gasteiger partial charge on any atom is -0.383 e. The number of nitrogens with one attached hydrogen (secondary N) is 1. The van der Waals surface area contributed by atoms with E-state index in [1.807, 2.05) is 26.4 Å². The molecule has 0 saturated carbocycles. The van der Waals surface area contributed by atoms with Crippen LogP contribution in [-0.2, 0) is 4.74 Å². The van der Waals surface area contributed by atoms with E-state index in [2.05, 4.69) is 27.1 Å². The van der Waals surface area contributed by atoms with Gasteiger partial charge in [-0.15, -0.1) is 0 Å². The van der Waals surface area contributed by atoms with E-state index in [1.54, 1.807) is 36.9 Å². The summed E-state index contributed by atoms with van der Waals surface area (Å²) in [7, 11) is 0. The fraction of sp³-hybridized carbons (Fsp3) is 0.500. The third kappa shape index (κ3) is 6.83. The molecule has 2 heterocycles. The molecule has 8 heteroatoms. The van der Waals surface area contributed by atoms with Crippen molar-refractivity contribution in [1.29, 1.82) is 0 Å². The Balaban J connectivity index is 0.000000717. The van der Waals surface area contributed by atoms with E-state index in [1.165, 1.54) is 6.07 Å². The van der Waals surface area contributed by atoms with E-state index in [0.29, 0.717) is 36.2 Å². The Bertz CT molecular complexity index is 732. The van der Waals surface area contributed by atoms with Crippen molar-refractivity contribution in [2.75, 3.05) is 48.2 Å². The van der Waals surface area contributed by atoms with E-state index in [0.717, 1.165) is 12.4 Å². The van der Waals surface area contributed by atoms with E-state index in [4.69, 9.17) is 10.5 Å². The maximum absolute atomic E-state index is 13.7. The highest BCUT2D eigenvalue weighted by Crippen LogP contribution is 2.24. The smallest absolute Gasteiger partial charge is 0.231 e. The lowest BCUT2D eigenvalue weighted by atomic mass is 10.2. The summed E-state index contributed by atoms with van der Waals surface area (Å²) in [6.45, 7) is 9.82. The molecule has 28 heavy (non-hydrogen) atoms. The molecule has 3 N–H and O–H groups in total. The summed E-state index contributed by atoms with van der Waals surface area (Å²) in [5.74, 6) is 1.18. The maximum Gasteiger partial charge on any atom is 0.231 e. The van der Waals surface area contributed by atoms with Crippen molar-refractivity contribution in [3.05, 3.63) is 35.6 Å². The van der Waals surface area contributed by atoms with Gasteiger partial charge in [0.1, 0.15) is 17.5 Å². The van der Waals surface area contributed by atoms with Crippen molar-refractivity contribution in [3.63, 3.8) is 0 Å². The molecule has 0 radical (unpaired) electrons. The van der Waals surface area contributed by atoms with Crippen molar-refractivity contribution in [3.8, 4) is 0 Å². The summed E-state index contributed by atoms with van der Waals surface area (Å²) >= 11 is 1.75. The molecule has 1 saturated heterocycles. The Morgan fingerprint density at radius 3 is 2.61 bits per heavy atom. The monoisotopic (exact) mass is 409 g/mol. The van der Waals surface area contributed by atoms with Gasteiger partial charge >= 0.3 is 0 Å². The van der Waals surface area contributed by atoms with Crippen LogP contribution in [0.4, 0.5) is 27.7 Å². The van der Waals surface area contributed by atoms with Crippen LogP contribution in [0.3, 0.4) is 0 Å². The Hall–Kier alpha value is -2.06. The zero-order valence-corrected chi connectivity index (χ0v) is 18.4. The maximum atomic E-state index is 13.7. The number of morpholine rings is 1. The molecule has 156 valence electrons. The van der Waals surface area contributed by atoms with Crippen LogP contribution in [0.1, 0.15) is 26.3 Å².